The fourth-order valence-corrected chi connectivity index (χ4v) is 8.26. The van der Waals surface area contributed by atoms with E-state index in [0.29, 0.717) is 32.9 Å². The van der Waals surface area contributed by atoms with Crippen molar-refractivity contribution in [3.8, 4) is 0 Å². The van der Waals surface area contributed by atoms with Gasteiger partial charge in [-0.25, -0.2) is 4.79 Å². The van der Waals surface area contributed by atoms with Crippen LogP contribution in [0.25, 0.3) is 21.5 Å². The number of amides is 6. The maximum absolute atomic E-state index is 13.3. The van der Waals surface area contributed by atoms with Crippen molar-refractivity contribution in [2.75, 3.05) is 31.9 Å². The minimum absolute atomic E-state index is 0.181. The number of carbonyl (C=O) groups excluding carboxylic acids is 5. The Morgan fingerprint density at radius 3 is 1.00 bits per heavy atom. The van der Waals surface area contributed by atoms with Gasteiger partial charge >= 0.3 is 6.03 Å². The average Bonchev–Trinajstić information content (AvgIpc) is 4.04. The fraction of sp³-hybridized carbons (Fsp3) is 0.0889. The van der Waals surface area contributed by atoms with Gasteiger partial charge in [0.25, 0.3) is 43.9 Å². The predicted molar refractivity (Wildman–Crippen MR) is 254 cm³/mol. The van der Waals surface area contributed by atoms with Gasteiger partial charge in [0.15, 0.2) is 0 Å². The lowest BCUT2D eigenvalue weighted by atomic mass is 10.1. The maximum atomic E-state index is 13.3. The van der Waals surface area contributed by atoms with Crippen molar-refractivity contribution in [3.05, 3.63) is 144 Å². The molecule has 0 spiro atoms. The van der Waals surface area contributed by atoms with Crippen LogP contribution < -0.4 is 31.9 Å². The molecule has 348 valence electrons. The molecular formula is C45H40N10O11S2. The molecule has 68 heavy (non-hydrogen) atoms. The van der Waals surface area contributed by atoms with E-state index in [2.05, 4.69) is 31.9 Å². The third-order valence-corrected chi connectivity index (χ3v) is 12.5. The summed E-state index contributed by atoms with van der Waals surface area (Å²) in [5.74, 6) is -1.03. The Labute approximate surface area is 386 Å². The molecule has 4 aromatic heterocycles. The second kappa shape index (κ2) is 17.7. The molecule has 6 amide bonds. The maximum Gasteiger partial charge on any atom is 0.325 e. The molecule has 0 aliphatic carbocycles. The van der Waals surface area contributed by atoms with Crippen LogP contribution in [0.1, 0.15) is 41.4 Å². The predicted octanol–water partition coefficient (Wildman–Crippen LogP) is 6.49. The lowest BCUT2D eigenvalue weighted by Gasteiger charge is -2.08. The lowest BCUT2D eigenvalue weighted by Crippen LogP contribution is -2.22. The largest absolute Gasteiger partial charge is 0.337 e. The Kier molecular flexibility index (Phi) is 12.0. The number of aryl methyl sites for hydroxylation is 4. The zero-order chi connectivity index (χ0) is 48.8. The first-order chi connectivity index (χ1) is 32.1. The monoisotopic (exact) mass is 960 g/mol. The second-order valence-corrected chi connectivity index (χ2v) is 18.5. The highest BCUT2D eigenvalue weighted by Crippen LogP contribution is 2.27. The summed E-state index contributed by atoms with van der Waals surface area (Å²) in [7, 11) is -2.36. The van der Waals surface area contributed by atoms with Crippen molar-refractivity contribution in [2.24, 2.45) is 28.2 Å². The highest BCUT2D eigenvalue weighted by Gasteiger charge is 2.20. The number of nitrogens with zero attached hydrogens (tertiary/aromatic N) is 4. The van der Waals surface area contributed by atoms with Gasteiger partial charge in [0, 0.05) is 64.4 Å². The number of carbonyl (C=O) groups is 5. The number of rotatable bonds is 12. The van der Waals surface area contributed by atoms with E-state index < -0.39 is 49.9 Å². The van der Waals surface area contributed by atoms with Gasteiger partial charge in [0.1, 0.15) is 23.3 Å². The molecule has 23 heteroatoms. The van der Waals surface area contributed by atoms with E-state index in [1.165, 1.54) is 104 Å². The van der Waals surface area contributed by atoms with E-state index in [1.54, 1.807) is 64.6 Å². The van der Waals surface area contributed by atoms with Crippen LogP contribution >= 0.6 is 0 Å². The number of hydrogen-bond donors (Lipinski definition) is 8. The standard InChI is InChI=1S/C45H40N10O11S2/c1-52-21-29(41(56)46-33-9-5-25-7-11-35(67(61,62)63)15-27(25)13-33)17-37(52)48-43(58)31-19-39(54(3)23-31)50-45(60)51-40-20-32(24-55(40)4)44(59)49-38-18-30(22-53(38)2)42(57)47-34-10-6-26-8-12-36(68(64,65)66)16-28(26)14-34/h5-24H,1-4H3,(H,46,56)(H,47,57)(H,48,58)(H,49,59)(H2,50,51,60)(H,61,62,63)(H,64,65,66). The zero-order valence-electron chi connectivity index (χ0n) is 36.2. The highest BCUT2D eigenvalue weighted by atomic mass is 32.2. The second-order valence-electron chi connectivity index (χ2n) is 15.7. The Bertz CT molecular complexity index is 3410. The van der Waals surface area contributed by atoms with E-state index in [0.717, 1.165) is 0 Å². The van der Waals surface area contributed by atoms with Crippen LogP contribution in [0.15, 0.2) is 132 Å². The third kappa shape index (κ3) is 9.99. The number of nitrogens with one attached hydrogen (secondary N) is 6. The van der Waals surface area contributed by atoms with Crippen LogP contribution in [0.3, 0.4) is 0 Å². The summed E-state index contributed by atoms with van der Waals surface area (Å²) in [5.41, 5.74) is 1.51. The minimum Gasteiger partial charge on any atom is -0.337 e. The number of anilines is 6. The molecule has 21 nitrogen and oxygen atoms in total. The molecule has 8 aromatic rings. The molecule has 0 aliphatic heterocycles. The first-order valence-electron chi connectivity index (χ1n) is 20.1. The van der Waals surface area contributed by atoms with Crippen molar-refractivity contribution < 1.29 is 49.9 Å². The molecule has 0 aliphatic rings. The van der Waals surface area contributed by atoms with Gasteiger partial charge in [-0.2, -0.15) is 16.8 Å². The Morgan fingerprint density at radius 1 is 0.382 bits per heavy atom. The molecule has 8 rings (SSSR count). The molecule has 4 heterocycles. The summed E-state index contributed by atoms with van der Waals surface area (Å²) >= 11 is 0. The van der Waals surface area contributed by atoms with Gasteiger partial charge in [-0.15, -0.1) is 0 Å². The molecule has 0 saturated carbocycles. The molecular weight excluding hydrogens is 921 g/mol. The molecule has 8 N–H and O–H groups in total. The van der Waals surface area contributed by atoms with Gasteiger partial charge in [-0.05, 0) is 94.3 Å². The van der Waals surface area contributed by atoms with Gasteiger partial charge < -0.3 is 39.5 Å². The minimum atomic E-state index is -4.43. The smallest absolute Gasteiger partial charge is 0.325 e. The van der Waals surface area contributed by atoms with Crippen LogP contribution in [0.4, 0.5) is 39.4 Å². The first-order valence-corrected chi connectivity index (χ1v) is 23.0. The normalized spacial score (nSPS) is 11.6. The number of fused-ring (bicyclic) bond motifs is 2. The molecule has 0 fully saturated rings. The fourth-order valence-electron chi connectivity index (χ4n) is 7.23. The lowest BCUT2D eigenvalue weighted by molar-refractivity contribution is 0.101. The van der Waals surface area contributed by atoms with Crippen LogP contribution in [-0.4, -0.2) is 73.9 Å². The van der Waals surface area contributed by atoms with Gasteiger partial charge in [-0.3, -0.25) is 38.9 Å². The quantitative estimate of drug-likeness (QED) is 0.0612. The summed E-state index contributed by atoms with van der Waals surface area (Å²) in [4.78, 5) is 65.6. The molecule has 0 radical (unpaired) electrons. The number of hydrogen-bond acceptors (Lipinski definition) is 9. The third-order valence-electron chi connectivity index (χ3n) is 10.8. The summed E-state index contributed by atoms with van der Waals surface area (Å²) in [6.07, 6.45) is 6.00. The number of benzene rings is 4. The summed E-state index contributed by atoms with van der Waals surface area (Å²) in [6, 6.07) is 23.1. The van der Waals surface area contributed by atoms with Crippen LogP contribution in [0.5, 0.6) is 0 Å². The van der Waals surface area contributed by atoms with Gasteiger partial charge in [0.05, 0.1) is 32.0 Å². The van der Waals surface area contributed by atoms with Crippen LogP contribution in [0, 0.1) is 0 Å². The van der Waals surface area contributed by atoms with Crippen molar-refractivity contribution in [2.45, 2.75) is 9.79 Å². The first kappa shape index (κ1) is 46.0. The van der Waals surface area contributed by atoms with E-state index in [9.17, 15) is 49.9 Å². The topological polar surface area (TPSA) is 286 Å². The van der Waals surface area contributed by atoms with Crippen molar-refractivity contribution in [1.82, 2.24) is 18.3 Å². The Hall–Kier alpha value is -8.51. The molecule has 0 unspecified atom stereocenters. The van der Waals surface area contributed by atoms with Crippen molar-refractivity contribution >= 4 is 106 Å². The number of urea groups is 1. The Morgan fingerprint density at radius 2 is 0.676 bits per heavy atom. The van der Waals surface area contributed by atoms with Crippen molar-refractivity contribution in [3.63, 3.8) is 0 Å². The number of aromatic nitrogens is 4. The van der Waals surface area contributed by atoms with Crippen molar-refractivity contribution in [1.29, 1.82) is 0 Å². The average molecular weight is 961 g/mol. The molecule has 4 aromatic carbocycles. The molecule has 0 bridgehead atoms. The Balaban J connectivity index is 0.855. The summed E-state index contributed by atoms with van der Waals surface area (Å²) in [5, 5.41) is 18.7. The van der Waals surface area contributed by atoms with E-state index in [1.807, 2.05) is 0 Å². The van der Waals surface area contributed by atoms with Gasteiger partial charge in [0.2, 0.25) is 0 Å². The highest BCUT2D eigenvalue weighted by molar-refractivity contribution is 7.86. The van der Waals surface area contributed by atoms with Gasteiger partial charge in [-0.1, -0.05) is 24.3 Å². The van der Waals surface area contributed by atoms with E-state index in [4.69, 9.17) is 0 Å². The SMILES string of the molecule is Cn1cc(C(=O)Nc2cc(C(=O)Nc3ccc4ccc(S(=O)(=O)O)cc4c3)cn2C)cc1NC(=O)Nc1cc(C(=O)Nc2cc(C(=O)Nc3ccc4ccc(S(=O)(=O)O)cc4c3)cn2C)cn1C. The van der Waals surface area contributed by atoms with Crippen LogP contribution in [0.2, 0.25) is 0 Å². The zero-order valence-corrected chi connectivity index (χ0v) is 37.9. The molecule has 0 atom stereocenters. The van der Waals surface area contributed by atoms with E-state index in [-0.39, 0.29) is 55.3 Å². The molecule has 0 saturated heterocycles. The summed E-state index contributed by atoms with van der Waals surface area (Å²) in [6.45, 7) is 0. The van der Waals surface area contributed by atoms with Crippen LogP contribution in [-0.2, 0) is 48.4 Å². The summed E-state index contributed by atoms with van der Waals surface area (Å²) < 4.78 is 71.4. The van der Waals surface area contributed by atoms with E-state index >= 15 is 0 Å².